The van der Waals surface area contributed by atoms with Crippen molar-refractivity contribution < 1.29 is 15.0 Å². The molecule has 0 unspecified atom stereocenters. The molecule has 84 valence electrons. The van der Waals surface area contributed by atoms with E-state index < -0.39 is 18.1 Å². The lowest BCUT2D eigenvalue weighted by Gasteiger charge is -2.14. The summed E-state index contributed by atoms with van der Waals surface area (Å²) < 4.78 is 0. The van der Waals surface area contributed by atoms with Crippen molar-refractivity contribution in [2.45, 2.75) is 57.6 Å². The topological polar surface area (TPSA) is 83.5 Å². The fourth-order valence-corrected chi connectivity index (χ4v) is 1.30. The fourth-order valence-electron chi connectivity index (χ4n) is 1.30. The van der Waals surface area contributed by atoms with E-state index in [1.54, 1.807) is 0 Å². The number of aliphatic carboxylic acids is 1. The average molecular weight is 203 g/mol. The lowest BCUT2D eigenvalue weighted by atomic mass is 10.0. The van der Waals surface area contributed by atoms with Gasteiger partial charge in [0.15, 0.2) is 0 Å². The molecule has 2 atom stereocenters. The van der Waals surface area contributed by atoms with Crippen LogP contribution in [0.3, 0.4) is 0 Å². The molecule has 0 aromatic rings. The zero-order valence-corrected chi connectivity index (χ0v) is 8.78. The number of carboxylic acid groups (broad SMARTS) is 1. The molecule has 0 bridgehead atoms. The van der Waals surface area contributed by atoms with Gasteiger partial charge in [0.1, 0.15) is 6.04 Å². The number of aliphatic hydroxyl groups excluding tert-OH is 1. The van der Waals surface area contributed by atoms with Crippen LogP contribution in [0.4, 0.5) is 0 Å². The average Bonchev–Trinajstić information content (AvgIpc) is 2.16. The lowest BCUT2D eigenvalue weighted by molar-refractivity contribution is -0.141. The molecule has 0 aromatic carbocycles. The minimum Gasteiger partial charge on any atom is -0.480 e. The summed E-state index contributed by atoms with van der Waals surface area (Å²) in [4.78, 5) is 10.4. The summed E-state index contributed by atoms with van der Waals surface area (Å²) in [6, 6.07) is -1.14. The first-order valence-electron chi connectivity index (χ1n) is 5.26. The number of aliphatic hydroxyl groups is 1. The predicted molar refractivity (Wildman–Crippen MR) is 55.0 cm³/mol. The van der Waals surface area contributed by atoms with Crippen molar-refractivity contribution in [1.82, 2.24) is 0 Å². The third-order valence-corrected chi connectivity index (χ3v) is 2.30. The van der Waals surface area contributed by atoms with Crippen molar-refractivity contribution >= 4 is 5.97 Å². The summed E-state index contributed by atoms with van der Waals surface area (Å²) in [7, 11) is 0. The Morgan fingerprint density at radius 3 is 2.36 bits per heavy atom. The second kappa shape index (κ2) is 7.76. The van der Waals surface area contributed by atoms with Gasteiger partial charge in [-0.3, -0.25) is 4.79 Å². The Balaban J connectivity index is 3.43. The summed E-state index contributed by atoms with van der Waals surface area (Å²) in [6.07, 6.45) is 4.98. The molecule has 0 saturated carbocycles. The molecule has 4 nitrogen and oxygen atoms in total. The molecule has 4 N–H and O–H groups in total. The number of carbonyl (C=O) groups is 1. The Morgan fingerprint density at radius 2 is 1.86 bits per heavy atom. The summed E-state index contributed by atoms with van der Waals surface area (Å²) >= 11 is 0. The van der Waals surface area contributed by atoms with E-state index in [1.807, 2.05) is 0 Å². The molecule has 0 heterocycles. The third kappa shape index (κ3) is 5.94. The standard InChI is InChI=1S/C10H21NO3/c1-2-3-4-5-6-7-8(12)9(11)10(13)14/h8-9,12H,2-7,11H2,1H3,(H,13,14)/t8-,9+/m0/s1. The van der Waals surface area contributed by atoms with Crippen LogP contribution in [0.5, 0.6) is 0 Å². The fraction of sp³-hybridized carbons (Fsp3) is 0.900. The minimum absolute atomic E-state index is 0.483. The van der Waals surface area contributed by atoms with Gasteiger partial charge < -0.3 is 15.9 Å². The highest BCUT2D eigenvalue weighted by Crippen LogP contribution is 2.08. The molecule has 0 spiro atoms. The van der Waals surface area contributed by atoms with Gasteiger partial charge in [-0.2, -0.15) is 0 Å². The van der Waals surface area contributed by atoms with Gasteiger partial charge in [-0.05, 0) is 6.42 Å². The van der Waals surface area contributed by atoms with Crippen molar-refractivity contribution in [2.24, 2.45) is 5.73 Å². The second-order valence-corrected chi connectivity index (χ2v) is 3.63. The van der Waals surface area contributed by atoms with Crippen molar-refractivity contribution in [1.29, 1.82) is 0 Å². The molecule has 0 aliphatic carbocycles. The smallest absolute Gasteiger partial charge is 0.323 e. The first kappa shape index (κ1) is 13.4. The highest BCUT2D eigenvalue weighted by molar-refractivity contribution is 5.73. The molecule has 0 saturated heterocycles. The van der Waals surface area contributed by atoms with Crippen molar-refractivity contribution in [2.75, 3.05) is 0 Å². The quantitative estimate of drug-likeness (QED) is 0.516. The minimum atomic E-state index is -1.14. The van der Waals surface area contributed by atoms with E-state index >= 15 is 0 Å². The van der Waals surface area contributed by atoms with Gasteiger partial charge in [0.2, 0.25) is 0 Å². The van der Waals surface area contributed by atoms with Crippen LogP contribution >= 0.6 is 0 Å². The van der Waals surface area contributed by atoms with E-state index in [4.69, 9.17) is 10.8 Å². The number of nitrogens with two attached hydrogens (primary N) is 1. The first-order valence-corrected chi connectivity index (χ1v) is 5.26. The highest BCUT2D eigenvalue weighted by Gasteiger charge is 2.20. The first-order chi connectivity index (χ1) is 6.59. The molecule has 4 heteroatoms. The third-order valence-electron chi connectivity index (χ3n) is 2.30. The largest absolute Gasteiger partial charge is 0.480 e. The van der Waals surface area contributed by atoms with Gasteiger partial charge in [0.25, 0.3) is 0 Å². The van der Waals surface area contributed by atoms with Gasteiger partial charge in [0.05, 0.1) is 6.10 Å². The monoisotopic (exact) mass is 203 g/mol. The molecular formula is C10H21NO3. The molecular weight excluding hydrogens is 182 g/mol. The zero-order chi connectivity index (χ0) is 11.0. The van der Waals surface area contributed by atoms with Crippen molar-refractivity contribution in [3.05, 3.63) is 0 Å². The van der Waals surface area contributed by atoms with Crippen LogP contribution in [0.1, 0.15) is 45.4 Å². The van der Waals surface area contributed by atoms with Crippen molar-refractivity contribution in [3.63, 3.8) is 0 Å². The molecule has 0 aliphatic heterocycles. The van der Waals surface area contributed by atoms with Gasteiger partial charge >= 0.3 is 5.97 Å². The van der Waals surface area contributed by atoms with Crippen LogP contribution in [-0.2, 0) is 4.79 Å². The maximum atomic E-state index is 10.4. The van der Waals surface area contributed by atoms with Crippen LogP contribution < -0.4 is 5.73 Å². The van der Waals surface area contributed by atoms with Crippen molar-refractivity contribution in [3.8, 4) is 0 Å². The number of rotatable bonds is 8. The Morgan fingerprint density at radius 1 is 1.29 bits per heavy atom. The van der Waals surface area contributed by atoms with Crippen LogP contribution in [-0.4, -0.2) is 28.3 Å². The molecule has 0 aliphatic rings. The normalized spacial score (nSPS) is 15.1. The second-order valence-electron chi connectivity index (χ2n) is 3.63. The van der Waals surface area contributed by atoms with Gasteiger partial charge in [-0.25, -0.2) is 0 Å². The van der Waals surface area contributed by atoms with E-state index in [1.165, 1.54) is 12.8 Å². The predicted octanol–water partition coefficient (Wildman–Crippen LogP) is 1.12. The van der Waals surface area contributed by atoms with E-state index in [0.29, 0.717) is 6.42 Å². The van der Waals surface area contributed by atoms with Gasteiger partial charge in [-0.15, -0.1) is 0 Å². The van der Waals surface area contributed by atoms with Gasteiger partial charge in [-0.1, -0.05) is 39.0 Å². The summed E-state index contributed by atoms with van der Waals surface area (Å²) in [6.45, 7) is 2.13. The number of hydrogen-bond acceptors (Lipinski definition) is 3. The maximum Gasteiger partial charge on any atom is 0.323 e. The van der Waals surface area contributed by atoms with Crippen LogP contribution in [0.2, 0.25) is 0 Å². The highest BCUT2D eigenvalue weighted by atomic mass is 16.4. The number of hydrogen-bond donors (Lipinski definition) is 3. The van der Waals surface area contributed by atoms with E-state index in [9.17, 15) is 9.90 Å². The Kier molecular flexibility index (Phi) is 7.42. The van der Waals surface area contributed by atoms with Gasteiger partial charge in [0, 0.05) is 0 Å². The number of unbranched alkanes of at least 4 members (excludes halogenated alkanes) is 4. The molecule has 0 fully saturated rings. The SMILES string of the molecule is CCCCCCC[C@H](O)[C@@H](N)C(=O)O. The number of carboxylic acids is 1. The Labute approximate surface area is 85.1 Å². The lowest BCUT2D eigenvalue weighted by Crippen LogP contribution is -2.41. The molecule has 14 heavy (non-hydrogen) atoms. The van der Waals surface area contributed by atoms with E-state index in [0.717, 1.165) is 19.3 Å². The van der Waals surface area contributed by atoms with Crippen LogP contribution in [0, 0.1) is 0 Å². The zero-order valence-electron chi connectivity index (χ0n) is 8.78. The maximum absolute atomic E-state index is 10.4. The summed E-state index contributed by atoms with van der Waals surface area (Å²) in [5.41, 5.74) is 5.25. The summed E-state index contributed by atoms with van der Waals surface area (Å²) in [5, 5.41) is 17.8. The van der Waals surface area contributed by atoms with E-state index in [-0.39, 0.29) is 0 Å². The Bertz CT molecular complexity index is 161. The summed E-state index contributed by atoms with van der Waals surface area (Å²) in [5.74, 6) is -1.13. The van der Waals surface area contributed by atoms with Crippen LogP contribution in [0.25, 0.3) is 0 Å². The van der Waals surface area contributed by atoms with E-state index in [2.05, 4.69) is 6.92 Å². The Hall–Kier alpha value is -0.610. The molecule has 0 aromatic heterocycles. The molecule has 0 radical (unpaired) electrons. The van der Waals surface area contributed by atoms with Crippen LogP contribution in [0.15, 0.2) is 0 Å². The molecule has 0 rings (SSSR count). The molecule has 0 amide bonds.